The van der Waals surface area contributed by atoms with E-state index in [-0.39, 0.29) is 21.6 Å². The highest BCUT2D eigenvalue weighted by molar-refractivity contribution is 7.89. The summed E-state index contributed by atoms with van der Waals surface area (Å²) in [6.45, 7) is 0.967. The molecule has 7 nitrogen and oxygen atoms in total. The molecular weight excluding hydrogens is 440 g/mol. The van der Waals surface area contributed by atoms with Crippen molar-refractivity contribution in [3.8, 4) is 11.5 Å². The summed E-state index contributed by atoms with van der Waals surface area (Å²) in [7, 11) is -3.69. The molecule has 1 amide bonds. The van der Waals surface area contributed by atoms with Gasteiger partial charge in [-0.15, -0.1) is 0 Å². The molecule has 0 bridgehead atoms. The number of benzene rings is 2. The number of piperidine rings is 1. The van der Waals surface area contributed by atoms with Gasteiger partial charge in [-0.2, -0.15) is 4.31 Å². The van der Waals surface area contributed by atoms with Crippen molar-refractivity contribution in [1.29, 1.82) is 0 Å². The summed E-state index contributed by atoms with van der Waals surface area (Å²) in [5, 5.41) is 2.75. The number of carbonyl (C=O) groups is 1. The maximum atomic E-state index is 13.1. The topological polar surface area (TPSA) is 88.9 Å². The number of halogens is 1. The number of hydrogen-bond acceptors (Lipinski definition) is 5. The first-order valence-corrected chi connectivity index (χ1v) is 11.7. The first-order valence-electron chi connectivity index (χ1n) is 9.87. The number of anilines is 1. The fourth-order valence-electron chi connectivity index (χ4n) is 3.35. The maximum Gasteiger partial charge on any atom is 0.291 e. The van der Waals surface area contributed by atoms with Gasteiger partial charge in [0.25, 0.3) is 5.91 Å². The number of rotatable bonds is 6. The zero-order chi connectivity index (χ0) is 21.8. The van der Waals surface area contributed by atoms with Gasteiger partial charge in [0.1, 0.15) is 5.75 Å². The van der Waals surface area contributed by atoms with Crippen molar-refractivity contribution in [3.63, 3.8) is 0 Å². The van der Waals surface area contributed by atoms with Crippen LogP contribution in [0, 0.1) is 0 Å². The molecule has 3 aromatic rings. The molecule has 2 aromatic carbocycles. The fourth-order valence-corrected chi connectivity index (χ4v) is 5.04. The van der Waals surface area contributed by atoms with Crippen LogP contribution >= 0.6 is 11.6 Å². The van der Waals surface area contributed by atoms with E-state index in [0.29, 0.717) is 24.6 Å². The average molecular weight is 461 g/mol. The lowest BCUT2D eigenvalue weighted by Crippen LogP contribution is -2.35. The standard InChI is InChI=1S/C22H21ClN2O5S/c23-21-12-11-20(30-21)22(26)24-18-15-17(31(27,28)25-13-5-2-6-14-25)9-10-19(18)29-16-7-3-1-4-8-16/h1,3-4,7-12,15H,2,5-6,13-14H2,(H,24,26). The van der Waals surface area contributed by atoms with Gasteiger partial charge in [-0.1, -0.05) is 24.6 Å². The van der Waals surface area contributed by atoms with Crippen LogP contribution in [0.1, 0.15) is 29.8 Å². The fraction of sp³-hybridized carbons (Fsp3) is 0.227. The number of nitrogens with zero attached hydrogens (tertiary/aromatic N) is 1. The molecule has 31 heavy (non-hydrogen) atoms. The summed E-state index contributed by atoms with van der Waals surface area (Å²) < 4.78 is 38.7. The molecule has 0 unspecified atom stereocenters. The van der Waals surface area contributed by atoms with Crippen molar-refractivity contribution in [2.24, 2.45) is 0 Å². The van der Waals surface area contributed by atoms with Gasteiger partial charge in [-0.3, -0.25) is 4.79 Å². The van der Waals surface area contributed by atoms with Gasteiger partial charge in [0.15, 0.2) is 16.7 Å². The van der Waals surface area contributed by atoms with Crippen molar-refractivity contribution in [2.75, 3.05) is 18.4 Å². The second-order valence-corrected chi connectivity index (χ2v) is 9.41. The van der Waals surface area contributed by atoms with E-state index in [1.807, 2.05) is 18.2 Å². The number of para-hydroxylation sites is 1. The summed E-state index contributed by atoms with van der Waals surface area (Å²) >= 11 is 5.76. The van der Waals surface area contributed by atoms with E-state index in [9.17, 15) is 13.2 Å². The molecule has 162 valence electrons. The number of amides is 1. The zero-order valence-electron chi connectivity index (χ0n) is 16.6. The molecule has 1 saturated heterocycles. The Morgan fingerprint density at radius 3 is 2.42 bits per heavy atom. The van der Waals surface area contributed by atoms with E-state index >= 15 is 0 Å². The Morgan fingerprint density at radius 1 is 1.00 bits per heavy atom. The third kappa shape index (κ3) is 4.92. The first kappa shape index (κ1) is 21.4. The monoisotopic (exact) mass is 460 g/mol. The molecule has 1 N–H and O–H groups in total. The first-order chi connectivity index (χ1) is 14.9. The van der Waals surface area contributed by atoms with E-state index in [1.54, 1.807) is 12.1 Å². The van der Waals surface area contributed by atoms with E-state index in [0.717, 1.165) is 19.3 Å². The van der Waals surface area contributed by atoms with Crippen LogP contribution in [0.2, 0.25) is 5.22 Å². The van der Waals surface area contributed by atoms with Crippen LogP contribution in [-0.4, -0.2) is 31.7 Å². The smallest absolute Gasteiger partial charge is 0.291 e. The second kappa shape index (κ2) is 9.13. The molecule has 0 aliphatic carbocycles. The summed E-state index contributed by atoms with van der Waals surface area (Å²) in [5.74, 6) is 0.276. The maximum absolute atomic E-state index is 13.1. The molecule has 1 fully saturated rings. The minimum Gasteiger partial charge on any atom is -0.455 e. The van der Waals surface area contributed by atoms with Gasteiger partial charge < -0.3 is 14.5 Å². The Hall–Kier alpha value is -2.81. The van der Waals surface area contributed by atoms with Gasteiger partial charge in [-0.25, -0.2) is 8.42 Å². The molecule has 0 radical (unpaired) electrons. The number of carbonyl (C=O) groups excluding carboxylic acids is 1. The lowest BCUT2D eigenvalue weighted by atomic mass is 10.2. The van der Waals surface area contributed by atoms with Crippen LogP contribution in [0.4, 0.5) is 5.69 Å². The van der Waals surface area contributed by atoms with Gasteiger partial charge in [0.2, 0.25) is 10.0 Å². The van der Waals surface area contributed by atoms with Crippen molar-refractivity contribution in [3.05, 3.63) is 71.6 Å². The van der Waals surface area contributed by atoms with Gasteiger partial charge >= 0.3 is 0 Å². The van der Waals surface area contributed by atoms with Crippen molar-refractivity contribution >= 4 is 33.2 Å². The molecule has 0 atom stereocenters. The Labute approximate surface area is 185 Å². The third-order valence-corrected chi connectivity index (χ3v) is 7.02. The minimum absolute atomic E-state index is 0.0000446. The van der Waals surface area contributed by atoms with Crippen molar-refractivity contribution in [2.45, 2.75) is 24.2 Å². The summed E-state index contributed by atoms with van der Waals surface area (Å²) in [4.78, 5) is 12.7. The molecule has 1 aliphatic rings. The van der Waals surface area contributed by atoms with Crippen LogP contribution in [-0.2, 0) is 10.0 Å². The molecule has 1 aromatic heterocycles. The van der Waals surface area contributed by atoms with Crippen LogP contribution in [0.25, 0.3) is 0 Å². The largest absolute Gasteiger partial charge is 0.455 e. The van der Waals surface area contributed by atoms with Crippen LogP contribution < -0.4 is 10.1 Å². The number of ether oxygens (including phenoxy) is 1. The zero-order valence-corrected chi connectivity index (χ0v) is 18.2. The highest BCUT2D eigenvalue weighted by Gasteiger charge is 2.27. The predicted octanol–water partition coefficient (Wildman–Crippen LogP) is 5.15. The van der Waals surface area contributed by atoms with E-state index in [2.05, 4.69) is 5.32 Å². The van der Waals surface area contributed by atoms with Gasteiger partial charge in [0.05, 0.1) is 10.6 Å². The van der Waals surface area contributed by atoms with Crippen LogP contribution in [0.15, 0.2) is 70.0 Å². The molecule has 4 rings (SSSR count). The SMILES string of the molecule is O=C(Nc1cc(S(=O)(=O)N2CCCCC2)ccc1Oc1ccccc1)c1ccc(Cl)o1. The molecule has 2 heterocycles. The minimum atomic E-state index is -3.69. The highest BCUT2D eigenvalue weighted by atomic mass is 35.5. The Bertz CT molecular complexity index is 1170. The summed E-state index contributed by atoms with van der Waals surface area (Å²) in [5.41, 5.74) is 0.208. The van der Waals surface area contributed by atoms with E-state index < -0.39 is 15.9 Å². The predicted molar refractivity (Wildman–Crippen MR) is 117 cm³/mol. The summed E-state index contributed by atoms with van der Waals surface area (Å²) in [6.07, 6.45) is 2.68. The quantitative estimate of drug-likeness (QED) is 0.549. The number of hydrogen-bond donors (Lipinski definition) is 1. The molecule has 0 spiro atoms. The van der Waals surface area contributed by atoms with Crippen molar-refractivity contribution < 1.29 is 22.4 Å². The van der Waals surface area contributed by atoms with Crippen LogP contribution in [0.5, 0.6) is 11.5 Å². The number of sulfonamides is 1. The lowest BCUT2D eigenvalue weighted by molar-refractivity contribution is 0.0996. The highest BCUT2D eigenvalue weighted by Crippen LogP contribution is 2.33. The van der Waals surface area contributed by atoms with E-state index in [4.69, 9.17) is 20.8 Å². The Balaban J connectivity index is 1.68. The normalized spacial score (nSPS) is 14.9. The van der Waals surface area contributed by atoms with Crippen molar-refractivity contribution in [1.82, 2.24) is 4.31 Å². The lowest BCUT2D eigenvalue weighted by Gasteiger charge is -2.26. The molecular formula is C22H21ClN2O5S. The van der Waals surface area contributed by atoms with E-state index in [1.165, 1.54) is 34.6 Å². The number of nitrogens with one attached hydrogen (secondary N) is 1. The van der Waals surface area contributed by atoms with Gasteiger partial charge in [-0.05, 0) is 66.9 Å². The summed E-state index contributed by atoms with van der Waals surface area (Å²) in [6, 6.07) is 16.3. The molecule has 9 heteroatoms. The molecule has 1 aliphatic heterocycles. The molecule has 0 saturated carbocycles. The Kier molecular flexibility index (Phi) is 6.31. The van der Waals surface area contributed by atoms with Gasteiger partial charge in [0, 0.05) is 13.1 Å². The average Bonchev–Trinajstić information content (AvgIpc) is 3.22. The Morgan fingerprint density at radius 2 is 1.74 bits per heavy atom. The second-order valence-electron chi connectivity index (χ2n) is 7.10. The van der Waals surface area contributed by atoms with Crippen LogP contribution in [0.3, 0.4) is 0 Å². The third-order valence-electron chi connectivity index (χ3n) is 4.92. The number of furan rings is 1.